The highest BCUT2D eigenvalue weighted by atomic mass is 16.6. The van der Waals surface area contributed by atoms with Gasteiger partial charge in [-0.25, -0.2) is 4.79 Å². The second kappa shape index (κ2) is 5.71. The van der Waals surface area contributed by atoms with Gasteiger partial charge in [-0.1, -0.05) is 13.3 Å². The molecule has 0 aromatic heterocycles. The smallest absolute Gasteiger partial charge is 0.410 e. The van der Waals surface area contributed by atoms with Gasteiger partial charge in [0.1, 0.15) is 5.60 Å². The van der Waals surface area contributed by atoms with Gasteiger partial charge in [0.05, 0.1) is 12.6 Å². The normalized spacial score (nSPS) is 25.8. The van der Waals surface area contributed by atoms with Crippen molar-refractivity contribution < 1.29 is 14.6 Å². The maximum absolute atomic E-state index is 12.0. The zero-order valence-corrected chi connectivity index (χ0v) is 11.4. The Morgan fingerprint density at radius 1 is 1.41 bits per heavy atom. The summed E-state index contributed by atoms with van der Waals surface area (Å²) in [7, 11) is 0. The molecule has 0 bridgehead atoms. The molecule has 0 spiro atoms. The van der Waals surface area contributed by atoms with Gasteiger partial charge in [-0.05, 0) is 40.0 Å². The first kappa shape index (κ1) is 14.3. The Labute approximate surface area is 104 Å². The van der Waals surface area contributed by atoms with Crippen LogP contribution < -0.4 is 0 Å². The van der Waals surface area contributed by atoms with Gasteiger partial charge in [0.25, 0.3) is 0 Å². The van der Waals surface area contributed by atoms with E-state index in [2.05, 4.69) is 6.92 Å². The number of nitrogens with zero attached hydrogens (tertiary/aromatic N) is 1. The van der Waals surface area contributed by atoms with Crippen LogP contribution in [0.3, 0.4) is 0 Å². The Hall–Kier alpha value is -0.770. The van der Waals surface area contributed by atoms with Crippen molar-refractivity contribution in [3.05, 3.63) is 0 Å². The molecule has 4 nitrogen and oxygen atoms in total. The molecule has 2 atom stereocenters. The van der Waals surface area contributed by atoms with Gasteiger partial charge in [-0.15, -0.1) is 0 Å². The Balaban J connectivity index is 2.65. The number of piperidine rings is 1. The van der Waals surface area contributed by atoms with Crippen LogP contribution >= 0.6 is 0 Å². The highest BCUT2D eigenvalue weighted by Gasteiger charge is 2.32. The third kappa shape index (κ3) is 4.54. The lowest BCUT2D eigenvalue weighted by Crippen LogP contribution is -2.50. The lowest BCUT2D eigenvalue weighted by Gasteiger charge is -2.38. The van der Waals surface area contributed by atoms with Crippen molar-refractivity contribution in [3.8, 4) is 0 Å². The first-order valence-electron chi connectivity index (χ1n) is 6.51. The Morgan fingerprint density at radius 2 is 2.06 bits per heavy atom. The quantitative estimate of drug-likeness (QED) is 0.811. The SMILES string of the molecule is CCC[C@H]1CC[C@@H](O)CN1C(=O)OC(C)(C)C. The number of rotatable bonds is 2. The minimum absolute atomic E-state index is 0.221. The minimum atomic E-state index is -0.476. The molecule has 1 amide bonds. The number of ether oxygens (including phenoxy) is 1. The molecular weight excluding hydrogens is 218 g/mol. The van der Waals surface area contributed by atoms with E-state index in [-0.39, 0.29) is 12.1 Å². The molecule has 100 valence electrons. The highest BCUT2D eigenvalue weighted by molar-refractivity contribution is 5.68. The van der Waals surface area contributed by atoms with E-state index in [1.807, 2.05) is 20.8 Å². The van der Waals surface area contributed by atoms with Crippen LogP contribution in [0.1, 0.15) is 53.4 Å². The molecule has 17 heavy (non-hydrogen) atoms. The molecule has 0 aromatic rings. The topological polar surface area (TPSA) is 49.8 Å². The molecule has 1 fully saturated rings. The number of carbonyl (C=O) groups is 1. The molecule has 1 N–H and O–H groups in total. The zero-order valence-electron chi connectivity index (χ0n) is 11.4. The lowest BCUT2D eigenvalue weighted by molar-refractivity contribution is -0.0142. The van der Waals surface area contributed by atoms with E-state index >= 15 is 0 Å². The van der Waals surface area contributed by atoms with Crippen molar-refractivity contribution in [3.63, 3.8) is 0 Å². The van der Waals surface area contributed by atoms with E-state index in [1.165, 1.54) is 0 Å². The van der Waals surface area contributed by atoms with Gasteiger partial charge in [-0.3, -0.25) is 0 Å². The zero-order chi connectivity index (χ0) is 13.1. The summed E-state index contributed by atoms with van der Waals surface area (Å²) in [6, 6.07) is 0.221. The van der Waals surface area contributed by atoms with Crippen molar-refractivity contribution in [1.82, 2.24) is 4.90 Å². The van der Waals surface area contributed by atoms with Gasteiger partial charge < -0.3 is 14.7 Å². The second-order valence-electron chi connectivity index (χ2n) is 5.81. The number of likely N-dealkylation sites (tertiary alicyclic amines) is 1. The maximum atomic E-state index is 12.0. The van der Waals surface area contributed by atoms with Crippen LogP contribution in [-0.2, 0) is 4.74 Å². The third-order valence-electron chi connectivity index (χ3n) is 2.93. The number of amides is 1. The molecule has 1 saturated heterocycles. The Morgan fingerprint density at radius 3 is 2.59 bits per heavy atom. The molecule has 1 heterocycles. The van der Waals surface area contributed by atoms with Crippen LogP contribution in [0.5, 0.6) is 0 Å². The number of hydrogen-bond acceptors (Lipinski definition) is 3. The van der Waals surface area contributed by atoms with E-state index in [0.29, 0.717) is 6.54 Å². The average molecular weight is 243 g/mol. The van der Waals surface area contributed by atoms with Crippen molar-refractivity contribution in [2.24, 2.45) is 0 Å². The van der Waals surface area contributed by atoms with Gasteiger partial charge in [0, 0.05) is 6.04 Å². The van der Waals surface area contributed by atoms with Crippen LogP contribution in [0, 0.1) is 0 Å². The summed E-state index contributed by atoms with van der Waals surface area (Å²) in [5.74, 6) is 0. The molecule has 1 rings (SSSR count). The van der Waals surface area contributed by atoms with Crippen LogP contribution in [0.2, 0.25) is 0 Å². The van der Waals surface area contributed by atoms with E-state index in [4.69, 9.17) is 4.74 Å². The fourth-order valence-corrected chi connectivity index (χ4v) is 2.19. The predicted octanol–water partition coefficient (Wildman–Crippen LogP) is 2.55. The number of β-amino-alcohol motifs (C(OH)–C–C–N with tert-alkyl or cyclic N) is 1. The van der Waals surface area contributed by atoms with Gasteiger partial charge in [-0.2, -0.15) is 0 Å². The number of hydrogen-bond donors (Lipinski definition) is 1. The first-order valence-corrected chi connectivity index (χ1v) is 6.51. The summed E-state index contributed by atoms with van der Waals surface area (Å²) in [6.07, 6.45) is 2.97. The third-order valence-corrected chi connectivity index (χ3v) is 2.93. The summed E-state index contributed by atoms with van der Waals surface area (Å²) in [4.78, 5) is 13.7. The monoisotopic (exact) mass is 243 g/mol. The van der Waals surface area contributed by atoms with E-state index in [0.717, 1.165) is 25.7 Å². The molecule has 1 aliphatic rings. The van der Waals surface area contributed by atoms with Crippen molar-refractivity contribution in [1.29, 1.82) is 0 Å². The molecular formula is C13H25NO3. The second-order valence-corrected chi connectivity index (χ2v) is 5.81. The average Bonchev–Trinajstić information content (AvgIpc) is 2.18. The van der Waals surface area contributed by atoms with Gasteiger partial charge >= 0.3 is 6.09 Å². The summed E-state index contributed by atoms with van der Waals surface area (Å²) in [6.45, 7) is 8.10. The summed E-state index contributed by atoms with van der Waals surface area (Å²) < 4.78 is 5.38. The molecule has 0 aliphatic carbocycles. The van der Waals surface area contributed by atoms with Gasteiger partial charge in [0.15, 0.2) is 0 Å². The van der Waals surface area contributed by atoms with Crippen LogP contribution in [0.25, 0.3) is 0 Å². The van der Waals surface area contributed by atoms with Crippen molar-refractivity contribution in [2.75, 3.05) is 6.54 Å². The standard InChI is InChI=1S/C13H25NO3/c1-5-6-10-7-8-11(15)9-14(10)12(16)17-13(2,3)4/h10-11,15H,5-9H2,1-4H3/t10-,11+/m0/s1. The van der Waals surface area contributed by atoms with Crippen LogP contribution in [0.15, 0.2) is 0 Å². The van der Waals surface area contributed by atoms with E-state index in [1.54, 1.807) is 4.90 Å². The molecule has 0 saturated carbocycles. The number of aliphatic hydroxyl groups is 1. The van der Waals surface area contributed by atoms with Gasteiger partial charge in [0.2, 0.25) is 0 Å². The van der Waals surface area contributed by atoms with E-state index in [9.17, 15) is 9.90 Å². The summed E-state index contributed by atoms with van der Waals surface area (Å²) in [5.41, 5.74) is -0.476. The number of aliphatic hydroxyl groups excluding tert-OH is 1. The van der Waals surface area contributed by atoms with E-state index < -0.39 is 11.7 Å². The summed E-state index contributed by atoms with van der Waals surface area (Å²) in [5, 5.41) is 9.66. The highest BCUT2D eigenvalue weighted by Crippen LogP contribution is 2.23. The van der Waals surface area contributed by atoms with Crippen molar-refractivity contribution >= 4 is 6.09 Å². The molecule has 1 aliphatic heterocycles. The van der Waals surface area contributed by atoms with Crippen LogP contribution in [-0.4, -0.2) is 40.4 Å². The van der Waals surface area contributed by atoms with Crippen molar-refractivity contribution in [2.45, 2.75) is 71.1 Å². The fourth-order valence-electron chi connectivity index (χ4n) is 2.19. The lowest BCUT2D eigenvalue weighted by atomic mass is 9.97. The minimum Gasteiger partial charge on any atom is -0.444 e. The molecule has 0 unspecified atom stereocenters. The molecule has 4 heteroatoms. The Kier molecular flexibility index (Phi) is 4.80. The Bertz CT molecular complexity index is 260. The molecule has 0 radical (unpaired) electrons. The fraction of sp³-hybridized carbons (Fsp3) is 0.923. The predicted molar refractivity (Wildman–Crippen MR) is 66.9 cm³/mol. The maximum Gasteiger partial charge on any atom is 0.410 e. The summed E-state index contributed by atoms with van der Waals surface area (Å²) >= 11 is 0. The van der Waals surface area contributed by atoms with Crippen LogP contribution in [0.4, 0.5) is 4.79 Å². The number of carbonyl (C=O) groups excluding carboxylic acids is 1. The largest absolute Gasteiger partial charge is 0.444 e. The molecule has 0 aromatic carbocycles. The first-order chi connectivity index (χ1) is 7.83.